The summed E-state index contributed by atoms with van der Waals surface area (Å²) in [7, 11) is 3.46. The molecule has 0 saturated heterocycles. The molecular formula is C14H22N2O3. The Balaban J connectivity index is 2.84. The van der Waals surface area contributed by atoms with E-state index in [4.69, 9.17) is 9.47 Å². The molecule has 0 fully saturated rings. The van der Waals surface area contributed by atoms with Gasteiger partial charge in [-0.15, -0.1) is 0 Å². The van der Waals surface area contributed by atoms with E-state index in [2.05, 4.69) is 10.6 Å². The van der Waals surface area contributed by atoms with Gasteiger partial charge in [0.2, 0.25) is 0 Å². The van der Waals surface area contributed by atoms with Crippen molar-refractivity contribution < 1.29 is 14.3 Å². The molecule has 0 radical (unpaired) electrons. The van der Waals surface area contributed by atoms with Crippen LogP contribution in [0.25, 0.3) is 0 Å². The van der Waals surface area contributed by atoms with Crippen LogP contribution in [0.5, 0.6) is 11.5 Å². The number of rotatable bonds is 7. The van der Waals surface area contributed by atoms with Crippen molar-refractivity contribution in [3.05, 3.63) is 23.8 Å². The van der Waals surface area contributed by atoms with Crippen LogP contribution in [-0.4, -0.2) is 32.7 Å². The molecule has 1 unspecified atom stereocenters. The van der Waals surface area contributed by atoms with Crippen LogP contribution in [0, 0.1) is 0 Å². The minimum atomic E-state index is -0.557. The maximum Gasteiger partial charge on any atom is 0.260 e. The van der Waals surface area contributed by atoms with Gasteiger partial charge in [0, 0.05) is 13.1 Å². The quantitative estimate of drug-likeness (QED) is 0.781. The first-order valence-electron chi connectivity index (χ1n) is 6.38. The van der Waals surface area contributed by atoms with E-state index >= 15 is 0 Å². The first-order valence-corrected chi connectivity index (χ1v) is 6.38. The average Bonchev–Trinajstić information content (AvgIpc) is 2.39. The van der Waals surface area contributed by atoms with Gasteiger partial charge < -0.3 is 20.1 Å². The highest BCUT2D eigenvalue weighted by Gasteiger charge is 2.16. The second kappa shape index (κ2) is 7.63. The number of hydrogen-bond acceptors (Lipinski definition) is 4. The first-order chi connectivity index (χ1) is 9.12. The SMILES string of the molecule is CCNC(=O)C(C)Oc1cc(CNC)ccc1OC. The van der Waals surface area contributed by atoms with Crippen LogP contribution in [0.1, 0.15) is 19.4 Å². The summed E-state index contributed by atoms with van der Waals surface area (Å²) in [6.07, 6.45) is -0.557. The summed E-state index contributed by atoms with van der Waals surface area (Å²) in [6.45, 7) is 4.91. The minimum Gasteiger partial charge on any atom is -0.493 e. The molecule has 106 valence electrons. The third kappa shape index (κ3) is 4.44. The van der Waals surface area contributed by atoms with Gasteiger partial charge in [-0.25, -0.2) is 0 Å². The van der Waals surface area contributed by atoms with E-state index in [1.54, 1.807) is 14.0 Å². The lowest BCUT2D eigenvalue weighted by molar-refractivity contribution is -0.127. The molecular weight excluding hydrogens is 244 g/mol. The lowest BCUT2D eigenvalue weighted by Gasteiger charge is -2.17. The molecule has 1 amide bonds. The number of carbonyl (C=O) groups is 1. The van der Waals surface area contributed by atoms with Crippen molar-refractivity contribution in [3.8, 4) is 11.5 Å². The zero-order valence-corrected chi connectivity index (χ0v) is 11.9. The Hall–Kier alpha value is -1.75. The molecule has 5 nitrogen and oxygen atoms in total. The smallest absolute Gasteiger partial charge is 0.260 e. The van der Waals surface area contributed by atoms with Crippen molar-refractivity contribution in [3.63, 3.8) is 0 Å². The Morgan fingerprint density at radius 1 is 1.37 bits per heavy atom. The molecule has 19 heavy (non-hydrogen) atoms. The number of ether oxygens (including phenoxy) is 2. The third-order valence-corrected chi connectivity index (χ3v) is 2.63. The molecule has 1 aromatic carbocycles. The molecule has 0 heterocycles. The summed E-state index contributed by atoms with van der Waals surface area (Å²) in [4.78, 5) is 11.7. The lowest BCUT2D eigenvalue weighted by Crippen LogP contribution is -2.36. The van der Waals surface area contributed by atoms with Gasteiger partial charge in [0.15, 0.2) is 17.6 Å². The number of methoxy groups -OCH3 is 1. The van der Waals surface area contributed by atoms with Gasteiger partial charge in [-0.1, -0.05) is 6.07 Å². The summed E-state index contributed by atoms with van der Waals surface area (Å²) in [5.74, 6) is 1.06. The standard InChI is InChI=1S/C14H22N2O3/c1-5-16-14(17)10(2)19-13-8-11(9-15-3)6-7-12(13)18-4/h6-8,10,15H,5,9H2,1-4H3,(H,16,17). The Morgan fingerprint density at radius 2 is 2.11 bits per heavy atom. The zero-order valence-electron chi connectivity index (χ0n) is 11.9. The number of carbonyl (C=O) groups excluding carboxylic acids is 1. The monoisotopic (exact) mass is 266 g/mol. The Morgan fingerprint density at radius 3 is 2.68 bits per heavy atom. The Labute approximate surface area is 114 Å². The van der Waals surface area contributed by atoms with E-state index in [9.17, 15) is 4.79 Å². The van der Waals surface area contributed by atoms with Gasteiger partial charge in [-0.2, -0.15) is 0 Å². The normalized spacial score (nSPS) is 11.8. The fourth-order valence-electron chi connectivity index (χ4n) is 1.69. The second-order valence-corrected chi connectivity index (χ2v) is 4.17. The van der Waals surface area contributed by atoms with Crippen molar-refractivity contribution in [2.45, 2.75) is 26.5 Å². The molecule has 5 heteroatoms. The summed E-state index contributed by atoms with van der Waals surface area (Å²) in [5, 5.41) is 5.80. The minimum absolute atomic E-state index is 0.136. The van der Waals surface area contributed by atoms with E-state index in [1.807, 2.05) is 32.2 Å². The lowest BCUT2D eigenvalue weighted by atomic mass is 10.2. The molecule has 0 aliphatic heterocycles. The molecule has 0 spiro atoms. The highest BCUT2D eigenvalue weighted by Crippen LogP contribution is 2.29. The van der Waals surface area contributed by atoms with Crippen LogP contribution in [0.4, 0.5) is 0 Å². The highest BCUT2D eigenvalue weighted by molar-refractivity contribution is 5.80. The number of nitrogens with one attached hydrogen (secondary N) is 2. The summed E-state index contributed by atoms with van der Waals surface area (Å²) < 4.78 is 10.9. The molecule has 0 saturated carbocycles. The molecule has 1 aromatic rings. The van der Waals surface area contributed by atoms with E-state index in [0.717, 1.165) is 12.1 Å². The van der Waals surface area contributed by atoms with Crippen LogP contribution in [-0.2, 0) is 11.3 Å². The second-order valence-electron chi connectivity index (χ2n) is 4.17. The van der Waals surface area contributed by atoms with Gasteiger partial charge in [-0.3, -0.25) is 4.79 Å². The number of benzene rings is 1. The summed E-state index contributed by atoms with van der Waals surface area (Å²) in [6, 6.07) is 5.68. The number of hydrogen-bond donors (Lipinski definition) is 2. The van der Waals surface area contributed by atoms with Crippen molar-refractivity contribution in [1.82, 2.24) is 10.6 Å². The molecule has 1 atom stereocenters. The fourth-order valence-corrected chi connectivity index (χ4v) is 1.69. The molecule has 1 rings (SSSR count). The van der Waals surface area contributed by atoms with Crippen molar-refractivity contribution in [2.75, 3.05) is 20.7 Å². The van der Waals surface area contributed by atoms with Gasteiger partial charge in [-0.05, 0) is 38.6 Å². The maximum absolute atomic E-state index is 11.7. The van der Waals surface area contributed by atoms with E-state index < -0.39 is 6.10 Å². The van der Waals surface area contributed by atoms with Gasteiger partial charge in [0.1, 0.15) is 0 Å². The van der Waals surface area contributed by atoms with Crippen LogP contribution in [0.15, 0.2) is 18.2 Å². The van der Waals surface area contributed by atoms with Crippen LogP contribution >= 0.6 is 0 Å². The van der Waals surface area contributed by atoms with Crippen LogP contribution < -0.4 is 20.1 Å². The van der Waals surface area contributed by atoms with E-state index in [1.165, 1.54) is 0 Å². The Bertz CT molecular complexity index is 421. The molecule has 0 aliphatic rings. The summed E-state index contributed by atoms with van der Waals surface area (Å²) >= 11 is 0. The van der Waals surface area contributed by atoms with Crippen molar-refractivity contribution in [1.29, 1.82) is 0 Å². The predicted molar refractivity (Wildman–Crippen MR) is 74.5 cm³/mol. The number of likely N-dealkylation sites (N-methyl/N-ethyl adjacent to an activating group) is 1. The zero-order chi connectivity index (χ0) is 14.3. The Kier molecular flexibility index (Phi) is 6.15. The average molecular weight is 266 g/mol. The van der Waals surface area contributed by atoms with E-state index in [-0.39, 0.29) is 5.91 Å². The maximum atomic E-state index is 11.7. The molecule has 0 aromatic heterocycles. The highest BCUT2D eigenvalue weighted by atomic mass is 16.5. The van der Waals surface area contributed by atoms with Crippen molar-refractivity contribution >= 4 is 5.91 Å². The summed E-state index contributed by atoms with van der Waals surface area (Å²) in [5.41, 5.74) is 1.07. The third-order valence-electron chi connectivity index (χ3n) is 2.63. The molecule has 0 aliphatic carbocycles. The van der Waals surface area contributed by atoms with Crippen molar-refractivity contribution in [2.24, 2.45) is 0 Å². The van der Waals surface area contributed by atoms with Gasteiger partial charge >= 0.3 is 0 Å². The van der Waals surface area contributed by atoms with Gasteiger partial charge in [0.05, 0.1) is 7.11 Å². The first kappa shape index (κ1) is 15.3. The largest absolute Gasteiger partial charge is 0.493 e. The number of amides is 1. The topological polar surface area (TPSA) is 59.6 Å². The van der Waals surface area contributed by atoms with Crippen LogP contribution in [0.2, 0.25) is 0 Å². The van der Waals surface area contributed by atoms with E-state index in [0.29, 0.717) is 18.0 Å². The molecule has 2 N–H and O–H groups in total. The fraction of sp³-hybridized carbons (Fsp3) is 0.500. The molecule has 0 bridgehead atoms. The predicted octanol–water partition coefficient (Wildman–Crippen LogP) is 1.32. The van der Waals surface area contributed by atoms with Gasteiger partial charge in [0.25, 0.3) is 5.91 Å². The van der Waals surface area contributed by atoms with Crippen LogP contribution in [0.3, 0.4) is 0 Å².